The van der Waals surface area contributed by atoms with E-state index in [9.17, 15) is 9.90 Å². The molecule has 0 aromatic carbocycles. The molecule has 0 aliphatic heterocycles. The molecule has 0 saturated heterocycles. The molecule has 2 N–H and O–H groups in total. The molecule has 94 valence electrons. The fourth-order valence-electron chi connectivity index (χ4n) is 3.03. The molecule has 2 unspecified atom stereocenters. The second-order valence-electron chi connectivity index (χ2n) is 5.51. The Labute approximate surface area is 98.6 Å². The van der Waals surface area contributed by atoms with Crippen molar-refractivity contribution in [3.05, 3.63) is 0 Å². The average Bonchev–Trinajstić information content (AvgIpc) is 2.17. The predicted molar refractivity (Wildman–Crippen MR) is 65.5 cm³/mol. The van der Waals surface area contributed by atoms with Gasteiger partial charge in [0.25, 0.3) is 0 Å². The van der Waals surface area contributed by atoms with Crippen LogP contribution in [-0.4, -0.2) is 23.2 Å². The van der Waals surface area contributed by atoms with E-state index in [1.807, 2.05) is 6.92 Å². The van der Waals surface area contributed by atoms with Crippen molar-refractivity contribution in [1.82, 2.24) is 5.32 Å². The van der Waals surface area contributed by atoms with Crippen molar-refractivity contribution in [2.75, 3.05) is 6.54 Å². The minimum Gasteiger partial charge on any atom is -0.480 e. The molecule has 0 bridgehead atoms. The maximum absolute atomic E-state index is 11.4. The highest BCUT2D eigenvalue weighted by Gasteiger charge is 2.42. The summed E-state index contributed by atoms with van der Waals surface area (Å²) in [7, 11) is 0. The van der Waals surface area contributed by atoms with E-state index in [-0.39, 0.29) is 0 Å². The summed E-state index contributed by atoms with van der Waals surface area (Å²) in [5, 5.41) is 12.6. The lowest BCUT2D eigenvalue weighted by Gasteiger charge is -2.38. The van der Waals surface area contributed by atoms with Gasteiger partial charge in [-0.2, -0.15) is 0 Å². The van der Waals surface area contributed by atoms with Crippen molar-refractivity contribution in [3.8, 4) is 0 Å². The lowest BCUT2D eigenvalue weighted by Crippen LogP contribution is -2.54. The van der Waals surface area contributed by atoms with Gasteiger partial charge in [-0.1, -0.05) is 33.6 Å². The van der Waals surface area contributed by atoms with Crippen LogP contribution >= 0.6 is 0 Å². The van der Waals surface area contributed by atoms with Gasteiger partial charge >= 0.3 is 5.97 Å². The van der Waals surface area contributed by atoms with E-state index in [1.54, 1.807) is 0 Å². The van der Waals surface area contributed by atoms with Crippen molar-refractivity contribution >= 4 is 5.97 Å². The number of carboxylic acids is 1. The zero-order chi connectivity index (χ0) is 12.2. The molecule has 1 aliphatic rings. The first-order chi connectivity index (χ1) is 7.50. The van der Waals surface area contributed by atoms with Crippen LogP contribution in [0.3, 0.4) is 0 Å². The summed E-state index contributed by atoms with van der Waals surface area (Å²) in [5.41, 5.74) is -0.646. The molecule has 0 aromatic rings. The van der Waals surface area contributed by atoms with Crippen LogP contribution in [0.5, 0.6) is 0 Å². The van der Waals surface area contributed by atoms with Crippen molar-refractivity contribution in [1.29, 1.82) is 0 Å². The van der Waals surface area contributed by atoms with Gasteiger partial charge in [-0.15, -0.1) is 0 Å². The third kappa shape index (κ3) is 3.21. The molecule has 1 saturated carbocycles. The van der Waals surface area contributed by atoms with E-state index in [1.165, 1.54) is 6.42 Å². The molecule has 0 heterocycles. The van der Waals surface area contributed by atoms with Crippen LogP contribution in [0.2, 0.25) is 0 Å². The van der Waals surface area contributed by atoms with Crippen LogP contribution in [0.25, 0.3) is 0 Å². The Morgan fingerprint density at radius 1 is 1.56 bits per heavy atom. The zero-order valence-corrected chi connectivity index (χ0v) is 10.8. The van der Waals surface area contributed by atoms with Crippen molar-refractivity contribution in [2.45, 2.75) is 58.4 Å². The topological polar surface area (TPSA) is 49.3 Å². The molecular weight excluding hydrogens is 202 g/mol. The van der Waals surface area contributed by atoms with Gasteiger partial charge in [0.2, 0.25) is 0 Å². The molecule has 16 heavy (non-hydrogen) atoms. The first kappa shape index (κ1) is 13.5. The van der Waals surface area contributed by atoms with Crippen LogP contribution < -0.4 is 5.32 Å². The van der Waals surface area contributed by atoms with E-state index >= 15 is 0 Å². The van der Waals surface area contributed by atoms with E-state index in [0.29, 0.717) is 11.8 Å². The largest absolute Gasteiger partial charge is 0.480 e. The van der Waals surface area contributed by atoms with Gasteiger partial charge in [-0.3, -0.25) is 4.79 Å². The lowest BCUT2D eigenvalue weighted by molar-refractivity contribution is -0.147. The summed E-state index contributed by atoms with van der Waals surface area (Å²) < 4.78 is 0. The Bertz CT molecular complexity index is 236. The number of likely N-dealkylation sites (N-methyl/N-ethyl adjacent to an activating group) is 1. The lowest BCUT2D eigenvalue weighted by atomic mass is 9.73. The number of hydrogen-bond acceptors (Lipinski definition) is 2. The van der Waals surface area contributed by atoms with Crippen LogP contribution in [0.15, 0.2) is 0 Å². The van der Waals surface area contributed by atoms with Crippen molar-refractivity contribution in [2.24, 2.45) is 11.8 Å². The van der Waals surface area contributed by atoms with Crippen LogP contribution in [0, 0.1) is 11.8 Å². The van der Waals surface area contributed by atoms with Crippen LogP contribution in [0.4, 0.5) is 0 Å². The van der Waals surface area contributed by atoms with E-state index in [0.717, 1.165) is 32.2 Å². The SMILES string of the molecule is CCNC1(C(=O)O)CCCC(CC(C)C)C1. The number of rotatable bonds is 5. The Hall–Kier alpha value is -0.570. The summed E-state index contributed by atoms with van der Waals surface area (Å²) in [6.07, 6.45) is 4.97. The minimum atomic E-state index is -0.664. The number of hydrogen-bond donors (Lipinski definition) is 2. The second-order valence-corrected chi connectivity index (χ2v) is 5.51. The Balaban J connectivity index is 2.67. The average molecular weight is 227 g/mol. The first-order valence-corrected chi connectivity index (χ1v) is 6.48. The minimum absolute atomic E-state index is 0.573. The van der Waals surface area contributed by atoms with Crippen molar-refractivity contribution < 1.29 is 9.90 Å². The molecule has 1 rings (SSSR count). The zero-order valence-electron chi connectivity index (χ0n) is 10.8. The quantitative estimate of drug-likeness (QED) is 0.759. The highest BCUT2D eigenvalue weighted by molar-refractivity contribution is 5.79. The van der Waals surface area contributed by atoms with Gasteiger partial charge in [0, 0.05) is 0 Å². The summed E-state index contributed by atoms with van der Waals surface area (Å²) in [4.78, 5) is 11.4. The molecule has 1 fully saturated rings. The molecule has 0 spiro atoms. The first-order valence-electron chi connectivity index (χ1n) is 6.48. The second kappa shape index (κ2) is 5.67. The van der Waals surface area contributed by atoms with Gasteiger partial charge in [-0.05, 0) is 37.6 Å². The summed E-state index contributed by atoms with van der Waals surface area (Å²) in [6.45, 7) is 7.14. The summed E-state index contributed by atoms with van der Waals surface area (Å²) in [6, 6.07) is 0. The van der Waals surface area contributed by atoms with Gasteiger partial charge in [0.15, 0.2) is 0 Å². The normalized spacial score (nSPS) is 30.6. The van der Waals surface area contributed by atoms with Gasteiger partial charge in [-0.25, -0.2) is 0 Å². The molecule has 0 aromatic heterocycles. The molecule has 3 nitrogen and oxygen atoms in total. The molecule has 0 amide bonds. The predicted octanol–water partition coefficient (Wildman–Crippen LogP) is 2.66. The van der Waals surface area contributed by atoms with Crippen LogP contribution in [-0.2, 0) is 4.79 Å². The maximum atomic E-state index is 11.4. The molecule has 1 aliphatic carbocycles. The van der Waals surface area contributed by atoms with E-state index in [2.05, 4.69) is 19.2 Å². The third-order valence-electron chi connectivity index (χ3n) is 3.58. The number of carboxylic acid groups (broad SMARTS) is 1. The highest BCUT2D eigenvalue weighted by atomic mass is 16.4. The summed E-state index contributed by atoms with van der Waals surface area (Å²) >= 11 is 0. The monoisotopic (exact) mass is 227 g/mol. The van der Waals surface area contributed by atoms with Gasteiger partial charge in [0.1, 0.15) is 5.54 Å². The van der Waals surface area contributed by atoms with Crippen molar-refractivity contribution in [3.63, 3.8) is 0 Å². The fourth-order valence-corrected chi connectivity index (χ4v) is 3.03. The smallest absolute Gasteiger partial charge is 0.323 e. The standard InChI is InChI=1S/C13H25NO2/c1-4-14-13(12(15)16)7-5-6-11(9-13)8-10(2)3/h10-11,14H,4-9H2,1-3H3,(H,15,16). The van der Waals surface area contributed by atoms with E-state index < -0.39 is 11.5 Å². The summed E-state index contributed by atoms with van der Waals surface area (Å²) in [5.74, 6) is 0.572. The Morgan fingerprint density at radius 2 is 2.25 bits per heavy atom. The fraction of sp³-hybridized carbons (Fsp3) is 0.923. The Morgan fingerprint density at radius 3 is 2.75 bits per heavy atom. The molecular formula is C13H25NO2. The van der Waals surface area contributed by atoms with Crippen LogP contribution in [0.1, 0.15) is 52.9 Å². The number of carbonyl (C=O) groups is 1. The molecule has 3 heteroatoms. The van der Waals surface area contributed by atoms with E-state index in [4.69, 9.17) is 0 Å². The Kier molecular flexibility index (Phi) is 4.78. The third-order valence-corrected chi connectivity index (χ3v) is 3.58. The number of aliphatic carboxylic acids is 1. The number of nitrogens with one attached hydrogen (secondary N) is 1. The van der Waals surface area contributed by atoms with Gasteiger partial charge in [0.05, 0.1) is 0 Å². The molecule has 0 radical (unpaired) electrons. The maximum Gasteiger partial charge on any atom is 0.323 e. The van der Waals surface area contributed by atoms with Gasteiger partial charge < -0.3 is 10.4 Å². The molecule has 2 atom stereocenters. The highest BCUT2D eigenvalue weighted by Crippen LogP contribution is 2.36.